The Kier molecular flexibility index (Phi) is 3.10. The van der Waals surface area contributed by atoms with Crippen LogP contribution in [0.5, 0.6) is 0 Å². The van der Waals surface area contributed by atoms with Crippen molar-refractivity contribution in [3.63, 3.8) is 0 Å². The number of aromatic amines is 1. The Morgan fingerprint density at radius 3 is 2.83 bits per heavy atom. The molecule has 1 unspecified atom stereocenters. The summed E-state index contributed by atoms with van der Waals surface area (Å²) >= 11 is 0. The first-order chi connectivity index (χ1) is 8.77. The van der Waals surface area contributed by atoms with Gasteiger partial charge in [0, 0.05) is 22.7 Å². The molecule has 3 heteroatoms. The summed E-state index contributed by atoms with van der Waals surface area (Å²) < 4.78 is 0. The number of aromatic nitrogens is 1. The summed E-state index contributed by atoms with van der Waals surface area (Å²) in [5.41, 5.74) is 3.42. The predicted molar refractivity (Wildman–Crippen MR) is 73.6 cm³/mol. The number of aliphatic hydroxyl groups excluding tert-OH is 1. The molecule has 3 nitrogen and oxygen atoms in total. The number of fused-ring (bicyclic) bond motifs is 1. The van der Waals surface area contributed by atoms with Gasteiger partial charge in [0.1, 0.15) is 0 Å². The Balaban J connectivity index is 1.98. The molecule has 1 saturated heterocycles. The monoisotopic (exact) mass is 244 g/mol. The largest absolute Gasteiger partial charge is 0.388 e. The molecule has 0 bridgehead atoms. The first-order valence-electron chi connectivity index (χ1n) is 6.73. The molecule has 0 amide bonds. The van der Waals surface area contributed by atoms with Crippen LogP contribution < -0.4 is 5.32 Å². The van der Waals surface area contributed by atoms with E-state index in [9.17, 15) is 5.11 Å². The van der Waals surface area contributed by atoms with E-state index in [4.69, 9.17) is 0 Å². The lowest BCUT2D eigenvalue weighted by Crippen LogP contribution is -2.30. The summed E-state index contributed by atoms with van der Waals surface area (Å²) in [5, 5.41) is 15.2. The lowest BCUT2D eigenvalue weighted by Gasteiger charge is -2.27. The molecule has 1 aromatic heterocycles. The SMILES string of the molecule is Cc1cccc2[nH]cc(C(O)C3CCNCC3)c12. The molecule has 1 aliphatic heterocycles. The Labute approximate surface area is 107 Å². The molecule has 0 aliphatic carbocycles. The maximum absolute atomic E-state index is 10.6. The zero-order chi connectivity index (χ0) is 12.5. The minimum absolute atomic E-state index is 0.345. The van der Waals surface area contributed by atoms with Crippen molar-refractivity contribution >= 4 is 10.9 Å². The van der Waals surface area contributed by atoms with Crippen molar-refractivity contribution in [1.29, 1.82) is 0 Å². The van der Waals surface area contributed by atoms with E-state index in [2.05, 4.69) is 35.4 Å². The third-order valence-corrected chi connectivity index (χ3v) is 4.09. The third kappa shape index (κ3) is 1.93. The molecule has 2 aromatic rings. The molecule has 1 atom stereocenters. The molecule has 3 N–H and O–H groups in total. The highest BCUT2D eigenvalue weighted by atomic mass is 16.3. The van der Waals surface area contributed by atoms with Crippen molar-refractivity contribution in [2.24, 2.45) is 5.92 Å². The van der Waals surface area contributed by atoms with Gasteiger partial charge in [-0.25, -0.2) is 0 Å². The minimum atomic E-state index is -0.345. The zero-order valence-electron chi connectivity index (χ0n) is 10.7. The number of hydrogen-bond acceptors (Lipinski definition) is 2. The number of rotatable bonds is 2. The summed E-state index contributed by atoms with van der Waals surface area (Å²) in [5.74, 6) is 0.379. The lowest BCUT2D eigenvalue weighted by molar-refractivity contribution is 0.0902. The standard InChI is InChI=1S/C15H20N2O/c1-10-3-2-4-13-14(10)12(9-17-13)15(18)11-5-7-16-8-6-11/h2-4,9,11,15-18H,5-8H2,1H3. The Morgan fingerprint density at radius 1 is 1.28 bits per heavy atom. The van der Waals surface area contributed by atoms with Crippen LogP contribution in [0.1, 0.15) is 30.1 Å². The van der Waals surface area contributed by atoms with Crippen molar-refractivity contribution in [2.45, 2.75) is 25.9 Å². The Hall–Kier alpha value is -1.32. The van der Waals surface area contributed by atoms with Gasteiger partial charge in [-0.05, 0) is 50.4 Å². The van der Waals surface area contributed by atoms with Gasteiger partial charge in [0.25, 0.3) is 0 Å². The number of aryl methyl sites for hydroxylation is 1. The first-order valence-corrected chi connectivity index (χ1v) is 6.73. The number of aliphatic hydroxyl groups is 1. The number of piperidine rings is 1. The molecule has 0 saturated carbocycles. The highest BCUT2D eigenvalue weighted by Crippen LogP contribution is 2.34. The third-order valence-electron chi connectivity index (χ3n) is 4.09. The average molecular weight is 244 g/mol. The molecule has 0 radical (unpaired) electrons. The summed E-state index contributed by atoms with van der Waals surface area (Å²) in [6.07, 6.45) is 3.74. The van der Waals surface area contributed by atoms with Crippen LogP contribution in [0.3, 0.4) is 0 Å². The molecule has 1 aromatic carbocycles. The van der Waals surface area contributed by atoms with Gasteiger partial charge in [-0.2, -0.15) is 0 Å². The van der Waals surface area contributed by atoms with Crippen LogP contribution in [0.25, 0.3) is 10.9 Å². The maximum Gasteiger partial charge on any atom is 0.0839 e. The minimum Gasteiger partial charge on any atom is -0.388 e. The summed E-state index contributed by atoms with van der Waals surface area (Å²) in [6.45, 7) is 4.14. The van der Waals surface area contributed by atoms with Gasteiger partial charge in [-0.15, -0.1) is 0 Å². The lowest BCUT2D eigenvalue weighted by atomic mass is 9.87. The average Bonchev–Trinajstić information content (AvgIpc) is 2.84. The van der Waals surface area contributed by atoms with Crippen molar-refractivity contribution in [1.82, 2.24) is 10.3 Å². The molecule has 96 valence electrons. The van der Waals surface area contributed by atoms with E-state index in [1.165, 1.54) is 10.9 Å². The number of benzene rings is 1. The van der Waals surface area contributed by atoms with Crippen LogP contribution in [0.15, 0.2) is 24.4 Å². The van der Waals surface area contributed by atoms with E-state index in [0.717, 1.165) is 37.0 Å². The molecule has 3 rings (SSSR count). The predicted octanol–water partition coefficient (Wildman–Crippen LogP) is 2.51. The quantitative estimate of drug-likeness (QED) is 0.760. The van der Waals surface area contributed by atoms with E-state index in [0.29, 0.717) is 5.92 Å². The molecule has 18 heavy (non-hydrogen) atoms. The van der Waals surface area contributed by atoms with E-state index >= 15 is 0 Å². The summed E-state index contributed by atoms with van der Waals surface area (Å²) in [6, 6.07) is 6.23. The smallest absolute Gasteiger partial charge is 0.0839 e. The van der Waals surface area contributed by atoms with Gasteiger partial charge in [-0.1, -0.05) is 12.1 Å². The number of hydrogen-bond donors (Lipinski definition) is 3. The fraction of sp³-hybridized carbons (Fsp3) is 0.467. The Morgan fingerprint density at radius 2 is 2.06 bits per heavy atom. The van der Waals surface area contributed by atoms with Crippen LogP contribution >= 0.6 is 0 Å². The van der Waals surface area contributed by atoms with Crippen LogP contribution in [0.2, 0.25) is 0 Å². The van der Waals surface area contributed by atoms with Crippen LogP contribution in [-0.2, 0) is 0 Å². The zero-order valence-corrected chi connectivity index (χ0v) is 10.7. The normalized spacial score (nSPS) is 19.2. The molecule has 2 heterocycles. The van der Waals surface area contributed by atoms with Crippen molar-refractivity contribution in [3.05, 3.63) is 35.5 Å². The second-order valence-corrected chi connectivity index (χ2v) is 5.27. The topological polar surface area (TPSA) is 48.0 Å². The number of nitrogens with one attached hydrogen (secondary N) is 2. The fourth-order valence-electron chi connectivity index (χ4n) is 3.05. The van der Waals surface area contributed by atoms with Crippen LogP contribution in [0, 0.1) is 12.8 Å². The molecule has 1 aliphatic rings. The Bertz CT molecular complexity index is 540. The van der Waals surface area contributed by atoms with Crippen molar-refractivity contribution in [2.75, 3.05) is 13.1 Å². The van der Waals surface area contributed by atoms with Crippen molar-refractivity contribution < 1.29 is 5.11 Å². The summed E-state index contributed by atoms with van der Waals surface area (Å²) in [4.78, 5) is 3.27. The van der Waals surface area contributed by atoms with Gasteiger partial charge >= 0.3 is 0 Å². The van der Waals surface area contributed by atoms with Gasteiger partial charge in [0.05, 0.1) is 6.10 Å². The van der Waals surface area contributed by atoms with Gasteiger partial charge in [0.15, 0.2) is 0 Å². The fourth-order valence-corrected chi connectivity index (χ4v) is 3.05. The van der Waals surface area contributed by atoms with Gasteiger partial charge < -0.3 is 15.4 Å². The second kappa shape index (κ2) is 4.75. The van der Waals surface area contributed by atoms with Gasteiger partial charge in [0.2, 0.25) is 0 Å². The molecular formula is C15H20N2O. The molecule has 0 spiro atoms. The van der Waals surface area contributed by atoms with Crippen LogP contribution in [0.4, 0.5) is 0 Å². The van der Waals surface area contributed by atoms with E-state index < -0.39 is 0 Å². The van der Waals surface area contributed by atoms with E-state index in [1.807, 2.05) is 6.20 Å². The highest BCUT2D eigenvalue weighted by Gasteiger charge is 2.25. The first kappa shape index (κ1) is 11.8. The van der Waals surface area contributed by atoms with Gasteiger partial charge in [-0.3, -0.25) is 0 Å². The summed E-state index contributed by atoms with van der Waals surface area (Å²) in [7, 11) is 0. The van der Waals surface area contributed by atoms with Crippen LogP contribution in [-0.4, -0.2) is 23.2 Å². The van der Waals surface area contributed by atoms with Crippen molar-refractivity contribution in [3.8, 4) is 0 Å². The maximum atomic E-state index is 10.6. The number of H-pyrrole nitrogens is 1. The molecule has 1 fully saturated rings. The second-order valence-electron chi connectivity index (χ2n) is 5.27. The van der Waals surface area contributed by atoms with E-state index in [1.54, 1.807) is 0 Å². The molecular weight excluding hydrogens is 224 g/mol. The highest BCUT2D eigenvalue weighted by molar-refractivity contribution is 5.86. The van der Waals surface area contributed by atoms with E-state index in [-0.39, 0.29) is 6.10 Å².